The molecule has 1 fully saturated rings. The number of fused-ring (bicyclic) bond motifs is 1. The maximum Gasteiger partial charge on any atom is 0.332 e. The van der Waals surface area contributed by atoms with Gasteiger partial charge in [-0.1, -0.05) is 29.4 Å². The standard InChI is InChI=1S/C24H22N4O5S/c1-3-32-18-10-9-15(13-19(18)31-2)22-25-20(33-26-22)14-27-17-11-12-34-21(17)23(29)28(24(27)30)16-7-5-4-6-8-16/h4-13,17,21H,3,14H2,1-2H3. The Morgan fingerprint density at radius 3 is 2.71 bits per heavy atom. The number of carbonyl (C=O) groups is 2. The Morgan fingerprint density at radius 2 is 1.94 bits per heavy atom. The molecule has 3 amide bonds. The minimum atomic E-state index is -0.424. The number of urea groups is 1. The van der Waals surface area contributed by atoms with E-state index in [9.17, 15) is 9.59 Å². The van der Waals surface area contributed by atoms with Crippen LogP contribution in [-0.2, 0) is 11.3 Å². The summed E-state index contributed by atoms with van der Waals surface area (Å²) < 4.78 is 16.4. The number of hydrogen-bond acceptors (Lipinski definition) is 8. The SMILES string of the molecule is CCOc1ccc(-c2noc(CN3C(=O)N(c4ccccc4)C(=O)C4SC=CC43)n2)cc1OC. The number of ether oxygens (including phenoxy) is 2. The first-order valence-electron chi connectivity index (χ1n) is 10.8. The lowest BCUT2D eigenvalue weighted by atomic mass is 10.1. The number of hydrogen-bond donors (Lipinski definition) is 0. The van der Waals surface area contributed by atoms with Gasteiger partial charge in [0, 0.05) is 5.56 Å². The topological polar surface area (TPSA) is 98.0 Å². The van der Waals surface area contributed by atoms with Crippen LogP contribution in [0.1, 0.15) is 12.8 Å². The van der Waals surface area contributed by atoms with Gasteiger partial charge in [-0.05, 0) is 42.7 Å². The number of amides is 3. The Balaban J connectivity index is 1.41. The molecule has 3 heterocycles. The molecule has 2 aromatic carbocycles. The van der Waals surface area contributed by atoms with E-state index in [1.165, 1.54) is 16.7 Å². The summed E-state index contributed by atoms with van der Waals surface area (Å²) in [5.41, 5.74) is 1.22. The van der Waals surface area contributed by atoms with Gasteiger partial charge >= 0.3 is 6.03 Å². The fourth-order valence-electron chi connectivity index (χ4n) is 3.99. The summed E-state index contributed by atoms with van der Waals surface area (Å²) in [6.45, 7) is 2.49. The number of benzene rings is 2. The Kier molecular flexibility index (Phi) is 5.97. The van der Waals surface area contributed by atoms with Gasteiger partial charge in [0.1, 0.15) is 11.8 Å². The van der Waals surface area contributed by atoms with Crippen LogP contribution in [0.15, 0.2) is 64.5 Å². The van der Waals surface area contributed by atoms with E-state index in [0.717, 1.165) is 0 Å². The fourth-order valence-corrected chi connectivity index (χ4v) is 5.03. The van der Waals surface area contributed by atoms with Crippen LogP contribution in [0.4, 0.5) is 10.5 Å². The molecule has 2 unspecified atom stereocenters. The van der Waals surface area contributed by atoms with Crippen molar-refractivity contribution in [2.24, 2.45) is 0 Å². The lowest BCUT2D eigenvalue weighted by molar-refractivity contribution is -0.119. The molecule has 10 heteroatoms. The van der Waals surface area contributed by atoms with E-state index < -0.39 is 11.3 Å². The van der Waals surface area contributed by atoms with Gasteiger partial charge < -0.3 is 18.9 Å². The van der Waals surface area contributed by atoms with E-state index in [4.69, 9.17) is 14.0 Å². The molecule has 0 aliphatic carbocycles. The second-order valence-electron chi connectivity index (χ2n) is 7.61. The summed E-state index contributed by atoms with van der Waals surface area (Å²) in [5.74, 6) is 1.58. The zero-order chi connectivity index (χ0) is 23.7. The van der Waals surface area contributed by atoms with Gasteiger partial charge in [-0.2, -0.15) is 4.98 Å². The summed E-state index contributed by atoms with van der Waals surface area (Å²) in [5, 5.41) is 5.52. The zero-order valence-electron chi connectivity index (χ0n) is 18.6. The highest BCUT2D eigenvalue weighted by Gasteiger charge is 2.48. The summed E-state index contributed by atoms with van der Waals surface area (Å²) in [6.07, 6.45) is 1.86. The van der Waals surface area contributed by atoms with Crippen LogP contribution in [0.25, 0.3) is 11.4 Å². The fraction of sp³-hybridized carbons (Fsp3) is 0.250. The Labute approximate surface area is 200 Å². The Bertz CT molecular complexity index is 1250. The molecule has 9 nitrogen and oxygen atoms in total. The van der Waals surface area contributed by atoms with Crippen LogP contribution < -0.4 is 14.4 Å². The molecule has 3 aromatic rings. The largest absolute Gasteiger partial charge is 0.493 e. The third-order valence-corrected chi connectivity index (χ3v) is 6.67. The van der Waals surface area contributed by atoms with Crippen molar-refractivity contribution in [3.63, 3.8) is 0 Å². The van der Waals surface area contributed by atoms with E-state index in [1.54, 1.807) is 48.4 Å². The molecule has 2 aliphatic heterocycles. The molecule has 2 atom stereocenters. The molecule has 1 aromatic heterocycles. The van der Waals surface area contributed by atoms with Crippen molar-refractivity contribution in [1.29, 1.82) is 0 Å². The number of methoxy groups -OCH3 is 1. The van der Waals surface area contributed by atoms with Crippen LogP contribution in [0.5, 0.6) is 11.5 Å². The minimum absolute atomic E-state index is 0.0721. The predicted molar refractivity (Wildman–Crippen MR) is 127 cm³/mol. The van der Waals surface area contributed by atoms with E-state index in [2.05, 4.69) is 10.1 Å². The number of aromatic nitrogens is 2. The number of anilines is 1. The van der Waals surface area contributed by atoms with E-state index >= 15 is 0 Å². The molecule has 0 saturated carbocycles. The van der Waals surface area contributed by atoms with Crippen LogP contribution in [-0.4, -0.2) is 52.0 Å². The van der Waals surface area contributed by atoms with Gasteiger partial charge in [0.25, 0.3) is 5.91 Å². The van der Waals surface area contributed by atoms with Crippen LogP contribution in [0.3, 0.4) is 0 Å². The lowest BCUT2D eigenvalue weighted by Crippen LogP contribution is -2.61. The average Bonchev–Trinajstić information content (AvgIpc) is 3.53. The third-order valence-electron chi connectivity index (χ3n) is 5.58. The van der Waals surface area contributed by atoms with Crippen LogP contribution in [0.2, 0.25) is 0 Å². The summed E-state index contributed by atoms with van der Waals surface area (Å²) in [6, 6.07) is 13.5. The van der Waals surface area contributed by atoms with E-state index in [1.807, 2.05) is 30.5 Å². The maximum atomic E-state index is 13.4. The first-order valence-corrected chi connectivity index (χ1v) is 11.7. The normalized spacial score (nSPS) is 19.5. The minimum Gasteiger partial charge on any atom is -0.493 e. The molecule has 0 bridgehead atoms. The maximum absolute atomic E-state index is 13.4. The summed E-state index contributed by atoms with van der Waals surface area (Å²) >= 11 is 1.40. The van der Waals surface area contributed by atoms with Gasteiger partial charge in [0.15, 0.2) is 11.5 Å². The molecular weight excluding hydrogens is 456 g/mol. The Hall–Kier alpha value is -3.79. The molecule has 1 saturated heterocycles. The summed E-state index contributed by atoms with van der Waals surface area (Å²) in [7, 11) is 1.56. The second-order valence-corrected chi connectivity index (χ2v) is 8.66. The summed E-state index contributed by atoms with van der Waals surface area (Å²) in [4.78, 5) is 33.8. The van der Waals surface area contributed by atoms with Crippen LogP contribution >= 0.6 is 11.8 Å². The molecule has 0 spiro atoms. The molecule has 0 radical (unpaired) electrons. The quantitative estimate of drug-likeness (QED) is 0.500. The number of imide groups is 1. The number of thioether (sulfide) groups is 1. The third kappa shape index (κ3) is 3.90. The number of rotatable bonds is 7. The van der Waals surface area contributed by atoms with Crippen molar-refractivity contribution in [1.82, 2.24) is 15.0 Å². The van der Waals surface area contributed by atoms with E-state index in [-0.39, 0.29) is 24.4 Å². The highest BCUT2D eigenvalue weighted by atomic mass is 32.2. The number of para-hydroxylation sites is 1. The molecule has 2 aliphatic rings. The molecular formula is C24H22N4O5S. The van der Waals surface area contributed by atoms with Gasteiger partial charge in [-0.25, -0.2) is 9.69 Å². The van der Waals surface area contributed by atoms with Crippen molar-refractivity contribution in [3.8, 4) is 22.9 Å². The highest BCUT2D eigenvalue weighted by Crippen LogP contribution is 2.37. The van der Waals surface area contributed by atoms with Crippen molar-refractivity contribution in [3.05, 3.63) is 65.9 Å². The van der Waals surface area contributed by atoms with Crippen molar-refractivity contribution in [2.45, 2.75) is 24.8 Å². The monoisotopic (exact) mass is 478 g/mol. The second kappa shape index (κ2) is 9.22. The van der Waals surface area contributed by atoms with Gasteiger partial charge in [-0.15, -0.1) is 11.8 Å². The molecule has 34 heavy (non-hydrogen) atoms. The van der Waals surface area contributed by atoms with Crippen LogP contribution in [0, 0.1) is 0 Å². The number of nitrogens with zero attached hydrogens (tertiary/aromatic N) is 4. The average molecular weight is 479 g/mol. The van der Waals surface area contributed by atoms with Crippen molar-refractivity contribution >= 4 is 29.4 Å². The molecule has 0 N–H and O–H groups in total. The highest BCUT2D eigenvalue weighted by molar-refractivity contribution is 8.03. The first-order chi connectivity index (χ1) is 16.6. The van der Waals surface area contributed by atoms with Crippen molar-refractivity contribution < 1.29 is 23.6 Å². The van der Waals surface area contributed by atoms with Gasteiger partial charge in [0.2, 0.25) is 11.7 Å². The van der Waals surface area contributed by atoms with Crippen molar-refractivity contribution in [2.75, 3.05) is 18.6 Å². The molecule has 5 rings (SSSR count). The number of carbonyl (C=O) groups excluding carboxylic acids is 2. The first kappa shape index (κ1) is 22.0. The lowest BCUT2D eigenvalue weighted by Gasteiger charge is -2.40. The van der Waals surface area contributed by atoms with Gasteiger partial charge in [0.05, 0.1) is 25.4 Å². The molecule has 174 valence electrons. The predicted octanol–water partition coefficient (Wildman–Crippen LogP) is 4.11. The zero-order valence-corrected chi connectivity index (χ0v) is 19.4. The van der Waals surface area contributed by atoms with E-state index in [0.29, 0.717) is 35.2 Å². The smallest absolute Gasteiger partial charge is 0.332 e. The van der Waals surface area contributed by atoms with Gasteiger partial charge in [-0.3, -0.25) is 4.79 Å². The Morgan fingerprint density at radius 1 is 1.12 bits per heavy atom.